The molecule has 0 amide bonds. The molecule has 0 radical (unpaired) electrons. The first-order chi connectivity index (χ1) is 6.15. The number of benzene rings is 1. The fourth-order valence-corrected chi connectivity index (χ4v) is 1.74. The molecule has 1 aromatic carbocycles. The van der Waals surface area contributed by atoms with Gasteiger partial charge < -0.3 is 0 Å². The minimum atomic E-state index is 0.142. The van der Waals surface area contributed by atoms with Crippen LogP contribution < -0.4 is 0 Å². The van der Waals surface area contributed by atoms with Gasteiger partial charge in [-0.15, -0.1) is 0 Å². The van der Waals surface area contributed by atoms with Gasteiger partial charge in [-0.05, 0) is 27.6 Å². The lowest BCUT2D eigenvalue weighted by molar-refractivity contribution is -0.115. The van der Waals surface area contributed by atoms with Crippen molar-refractivity contribution in [2.24, 2.45) is 0 Å². The Bertz CT molecular complexity index is 325. The van der Waals surface area contributed by atoms with E-state index in [1.807, 2.05) is 12.1 Å². The van der Waals surface area contributed by atoms with Crippen LogP contribution in [-0.4, -0.2) is 11.1 Å². The van der Waals surface area contributed by atoms with Crippen LogP contribution in [-0.2, 0) is 11.2 Å². The van der Waals surface area contributed by atoms with Crippen molar-refractivity contribution in [2.45, 2.75) is 6.42 Å². The van der Waals surface area contributed by atoms with Gasteiger partial charge in [-0.2, -0.15) is 0 Å². The SMILES string of the molecule is O=C(CBr)Cc1cccc(Cl)c1Br. The normalized spacial score (nSPS) is 10.1. The summed E-state index contributed by atoms with van der Waals surface area (Å²) in [5.41, 5.74) is 0.928. The summed E-state index contributed by atoms with van der Waals surface area (Å²) in [5, 5.41) is 1.02. The number of ketones is 1. The van der Waals surface area contributed by atoms with E-state index >= 15 is 0 Å². The smallest absolute Gasteiger partial charge is 0.147 e. The van der Waals surface area contributed by atoms with E-state index in [1.54, 1.807) is 6.07 Å². The Morgan fingerprint density at radius 3 is 2.77 bits per heavy atom. The summed E-state index contributed by atoms with van der Waals surface area (Å²) in [7, 11) is 0. The molecular weight excluding hydrogens is 319 g/mol. The summed E-state index contributed by atoms with van der Waals surface area (Å²) in [4.78, 5) is 11.1. The minimum Gasteiger partial charge on any atom is -0.298 e. The zero-order chi connectivity index (χ0) is 9.84. The molecule has 0 aliphatic rings. The van der Waals surface area contributed by atoms with Crippen LogP contribution in [0.2, 0.25) is 5.02 Å². The summed E-state index contributed by atoms with van der Waals surface area (Å²) in [6.45, 7) is 0. The molecule has 0 saturated carbocycles. The van der Waals surface area contributed by atoms with E-state index < -0.39 is 0 Å². The molecule has 0 N–H and O–H groups in total. The third-order valence-electron chi connectivity index (χ3n) is 1.57. The van der Waals surface area contributed by atoms with Gasteiger partial charge in [0.1, 0.15) is 5.78 Å². The Labute approximate surface area is 98.7 Å². The Kier molecular flexibility index (Phi) is 4.42. The number of alkyl halides is 1. The van der Waals surface area contributed by atoms with Gasteiger partial charge >= 0.3 is 0 Å². The van der Waals surface area contributed by atoms with Gasteiger partial charge in [-0.25, -0.2) is 0 Å². The zero-order valence-electron chi connectivity index (χ0n) is 6.69. The topological polar surface area (TPSA) is 17.1 Å². The summed E-state index contributed by atoms with van der Waals surface area (Å²) in [5.74, 6) is 0.142. The standard InChI is InChI=1S/C9H7Br2ClO/c10-5-7(13)4-6-2-1-3-8(12)9(6)11/h1-3H,4-5H2. The fraction of sp³-hybridized carbons (Fsp3) is 0.222. The molecule has 0 saturated heterocycles. The number of hydrogen-bond acceptors (Lipinski definition) is 1. The lowest BCUT2D eigenvalue weighted by Crippen LogP contribution is -2.03. The van der Waals surface area contributed by atoms with Gasteiger partial charge in [0.25, 0.3) is 0 Å². The summed E-state index contributed by atoms with van der Waals surface area (Å²) < 4.78 is 0.811. The molecule has 0 atom stereocenters. The molecule has 1 nitrogen and oxygen atoms in total. The largest absolute Gasteiger partial charge is 0.298 e. The second-order valence-corrected chi connectivity index (χ2v) is 4.32. The molecule has 0 heterocycles. The average Bonchev–Trinajstić information content (AvgIpc) is 2.13. The second-order valence-electron chi connectivity index (χ2n) is 2.56. The van der Waals surface area contributed by atoms with Crippen LogP contribution in [0.15, 0.2) is 22.7 Å². The number of carbonyl (C=O) groups is 1. The first kappa shape index (κ1) is 11.2. The van der Waals surface area contributed by atoms with Gasteiger partial charge in [-0.3, -0.25) is 4.79 Å². The van der Waals surface area contributed by atoms with Crippen molar-refractivity contribution in [1.82, 2.24) is 0 Å². The van der Waals surface area contributed by atoms with Crippen molar-refractivity contribution < 1.29 is 4.79 Å². The molecule has 70 valence electrons. The highest BCUT2D eigenvalue weighted by Crippen LogP contribution is 2.26. The minimum absolute atomic E-state index is 0.142. The number of carbonyl (C=O) groups excluding carboxylic acids is 1. The maximum Gasteiger partial charge on any atom is 0.147 e. The van der Waals surface area contributed by atoms with E-state index in [-0.39, 0.29) is 5.78 Å². The highest BCUT2D eigenvalue weighted by atomic mass is 79.9. The van der Waals surface area contributed by atoms with Gasteiger partial charge in [0, 0.05) is 10.9 Å². The second kappa shape index (κ2) is 5.13. The Balaban J connectivity index is 2.89. The van der Waals surface area contributed by atoms with Crippen molar-refractivity contribution in [3.05, 3.63) is 33.3 Å². The van der Waals surface area contributed by atoms with Crippen LogP contribution >= 0.6 is 43.5 Å². The van der Waals surface area contributed by atoms with Crippen LogP contribution in [0.4, 0.5) is 0 Å². The molecule has 0 spiro atoms. The van der Waals surface area contributed by atoms with Crippen LogP contribution in [0.3, 0.4) is 0 Å². The monoisotopic (exact) mass is 324 g/mol. The first-order valence-electron chi connectivity index (χ1n) is 3.65. The van der Waals surface area contributed by atoms with Crippen molar-refractivity contribution in [1.29, 1.82) is 0 Å². The summed E-state index contributed by atoms with van der Waals surface area (Å²) >= 11 is 12.3. The quantitative estimate of drug-likeness (QED) is 0.776. The molecule has 0 fully saturated rings. The predicted octanol–water partition coefficient (Wildman–Crippen LogP) is 3.61. The van der Waals surface area contributed by atoms with Crippen LogP contribution in [0, 0.1) is 0 Å². The summed E-state index contributed by atoms with van der Waals surface area (Å²) in [6.07, 6.45) is 0.409. The molecule has 0 unspecified atom stereocenters. The maximum atomic E-state index is 11.1. The Hall–Kier alpha value is 0.140. The van der Waals surface area contributed by atoms with Gasteiger partial charge in [0.2, 0.25) is 0 Å². The van der Waals surface area contributed by atoms with Crippen LogP contribution in [0.5, 0.6) is 0 Å². The van der Waals surface area contributed by atoms with E-state index in [0.29, 0.717) is 16.8 Å². The first-order valence-corrected chi connectivity index (χ1v) is 5.95. The molecular formula is C9H7Br2ClO. The molecule has 0 aromatic heterocycles. The molecule has 0 bridgehead atoms. The highest BCUT2D eigenvalue weighted by molar-refractivity contribution is 9.10. The van der Waals surface area contributed by atoms with Crippen molar-refractivity contribution in [3.8, 4) is 0 Å². The predicted molar refractivity (Wildman–Crippen MR) is 61.7 cm³/mol. The number of halogens is 3. The van der Waals surface area contributed by atoms with Crippen molar-refractivity contribution in [3.63, 3.8) is 0 Å². The molecule has 0 aliphatic carbocycles. The average molecular weight is 326 g/mol. The Morgan fingerprint density at radius 2 is 2.15 bits per heavy atom. The molecule has 1 rings (SSSR count). The van der Waals surface area contributed by atoms with E-state index in [4.69, 9.17) is 11.6 Å². The highest BCUT2D eigenvalue weighted by Gasteiger charge is 2.07. The number of hydrogen-bond donors (Lipinski definition) is 0. The molecule has 1 aromatic rings. The zero-order valence-corrected chi connectivity index (χ0v) is 10.6. The Morgan fingerprint density at radius 1 is 1.46 bits per heavy atom. The van der Waals surface area contributed by atoms with Crippen molar-refractivity contribution in [2.75, 3.05) is 5.33 Å². The van der Waals surface area contributed by atoms with Gasteiger partial charge in [0.05, 0.1) is 10.4 Å². The van der Waals surface area contributed by atoms with Crippen molar-refractivity contribution >= 4 is 49.2 Å². The fourth-order valence-electron chi connectivity index (χ4n) is 0.945. The van der Waals surface area contributed by atoms with E-state index in [1.165, 1.54) is 0 Å². The molecule has 0 aliphatic heterocycles. The molecule has 4 heteroatoms. The third kappa shape index (κ3) is 3.08. The number of rotatable bonds is 3. The number of Topliss-reactive ketones (excluding diaryl/α,β-unsaturated/α-hetero) is 1. The van der Waals surface area contributed by atoms with Gasteiger partial charge in [0.15, 0.2) is 0 Å². The van der Waals surface area contributed by atoms with Crippen LogP contribution in [0.25, 0.3) is 0 Å². The summed E-state index contributed by atoms with van der Waals surface area (Å²) in [6, 6.07) is 5.51. The lowest BCUT2D eigenvalue weighted by Gasteiger charge is -2.03. The maximum absolute atomic E-state index is 11.1. The molecule has 13 heavy (non-hydrogen) atoms. The van der Waals surface area contributed by atoms with E-state index in [2.05, 4.69) is 31.9 Å². The van der Waals surface area contributed by atoms with E-state index in [9.17, 15) is 4.79 Å². The lowest BCUT2D eigenvalue weighted by atomic mass is 10.1. The van der Waals surface area contributed by atoms with Gasteiger partial charge in [-0.1, -0.05) is 39.7 Å². The van der Waals surface area contributed by atoms with E-state index in [0.717, 1.165) is 10.0 Å². The third-order valence-corrected chi connectivity index (χ3v) is 3.67. The van der Waals surface area contributed by atoms with Crippen LogP contribution in [0.1, 0.15) is 5.56 Å².